The molecule has 0 saturated heterocycles. The van der Waals surface area contributed by atoms with Crippen molar-refractivity contribution in [3.8, 4) is 5.69 Å². The zero-order chi connectivity index (χ0) is 14.4. The van der Waals surface area contributed by atoms with Crippen molar-refractivity contribution in [2.24, 2.45) is 0 Å². The maximum absolute atomic E-state index is 13.8. The molecule has 7 heteroatoms. The van der Waals surface area contributed by atoms with Gasteiger partial charge in [-0.1, -0.05) is 0 Å². The number of rotatable bonds is 1. The number of benzene rings is 1. The Labute approximate surface area is 106 Å². The number of nitrogens with zero attached hydrogens (tertiary/aromatic N) is 2. The molecule has 0 aliphatic rings. The van der Waals surface area contributed by atoms with E-state index in [0.29, 0.717) is 23.1 Å². The van der Waals surface area contributed by atoms with Crippen LogP contribution < -0.4 is 5.73 Å². The summed E-state index contributed by atoms with van der Waals surface area (Å²) in [6.45, 7) is 3.26. The monoisotopic (exact) mass is 273 g/mol. The number of aryl methyl sites for hydroxylation is 1. The Morgan fingerprint density at radius 3 is 2.26 bits per heavy atom. The summed E-state index contributed by atoms with van der Waals surface area (Å²) < 4.78 is 52.3. The molecule has 0 saturated carbocycles. The van der Waals surface area contributed by atoms with Crippen LogP contribution in [-0.2, 0) is 6.18 Å². The van der Waals surface area contributed by atoms with Gasteiger partial charge in [0.25, 0.3) is 0 Å². The predicted octanol–water partition coefficient (Wildman–Crippen LogP) is 3.23. The summed E-state index contributed by atoms with van der Waals surface area (Å²) in [5, 5.41) is 4.00. The molecule has 1 aromatic heterocycles. The minimum absolute atomic E-state index is 0.0645. The van der Waals surface area contributed by atoms with Crippen LogP contribution in [0.25, 0.3) is 5.69 Å². The minimum atomic E-state index is -4.58. The molecule has 1 heterocycles. The smallest absolute Gasteiger partial charge is 0.396 e. The van der Waals surface area contributed by atoms with Crippen molar-refractivity contribution >= 4 is 5.69 Å². The molecule has 0 atom stereocenters. The Balaban J connectivity index is 2.55. The normalized spacial score (nSPS) is 11.9. The standard InChI is InChI=1S/C12H11F4N3/c1-6-11(17)7(2)19(18-6)10-4-3-8(5-9(10)13)12(14,15)16/h3-5H,17H2,1-2H3. The maximum atomic E-state index is 13.8. The largest absolute Gasteiger partial charge is 0.416 e. The SMILES string of the molecule is Cc1nn(-c2ccc(C(F)(F)F)cc2F)c(C)c1N. The number of nitrogens with two attached hydrogens (primary N) is 1. The number of hydrogen-bond donors (Lipinski definition) is 1. The first-order valence-corrected chi connectivity index (χ1v) is 5.40. The van der Waals surface area contributed by atoms with Crippen LogP contribution in [0.2, 0.25) is 0 Å². The first-order chi connectivity index (χ1) is 8.71. The molecule has 0 unspecified atom stereocenters. The lowest BCUT2D eigenvalue weighted by Crippen LogP contribution is -2.08. The van der Waals surface area contributed by atoms with Gasteiger partial charge in [-0.25, -0.2) is 9.07 Å². The van der Waals surface area contributed by atoms with Crippen LogP contribution in [0.15, 0.2) is 18.2 Å². The minimum Gasteiger partial charge on any atom is -0.396 e. The molecule has 0 amide bonds. The maximum Gasteiger partial charge on any atom is 0.416 e. The van der Waals surface area contributed by atoms with Crippen LogP contribution in [-0.4, -0.2) is 9.78 Å². The second kappa shape index (κ2) is 4.25. The van der Waals surface area contributed by atoms with E-state index >= 15 is 0 Å². The molecule has 19 heavy (non-hydrogen) atoms. The summed E-state index contributed by atoms with van der Waals surface area (Å²) in [5.41, 5.74) is 5.97. The lowest BCUT2D eigenvalue weighted by Gasteiger charge is -2.10. The van der Waals surface area contributed by atoms with Crippen LogP contribution in [0.5, 0.6) is 0 Å². The molecule has 0 spiro atoms. The van der Waals surface area contributed by atoms with E-state index in [2.05, 4.69) is 5.10 Å². The molecule has 0 radical (unpaired) electrons. The molecule has 2 aromatic rings. The van der Waals surface area contributed by atoms with Crippen LogP contribution in [0.4, 0.5) is 23.2 Å². The van der Waals surface area contributed by atoms with Crippen LogP contribution in [0.1, 0.15) is 17.0 Å². The van der Waals surface area contributed by atoms with Crippen molar-refractivity contribution in [3.05, 3.63) is 41.0 Å². The van der Waals surface area contributed by atoms with Crippen molar-refractivity contribution in [2.45, 2.75) is 20.0 Å². The molecule has 102 valence electrons. The van der Waals surface area contributed by atoms with Crippen LogP contribution in [0, 0.1) is 19.7 Å². The highest BCUT2D eigenvalue weighted by atomic mass is 19.4. The number of aromatic nitrogens is 2. The van der Waals surface area contributed by atoms with E-state index in [0.717, 1.165) is 12.1 Å². The van der Waals surface area contributed by atoms with Gasteiger partial charge in [0.15, 0.2) is 0 Å². The van der Waals surface area contributed by atoms with Crippen LogP contribution in [0.3, 0.4) is 0 Å². The second-order valence-electron chi connectivity index (χ2n) is 4.16. The van der Waals surface area contributed by atoms with E-state index < -0.39 is 17.6 Å². The third-order valence-electron chi connectivity index (χ3n) is 2.85. The molecule has 2 N–H and O–H groups in total. The van der Waals surface area contributed by atoms with Gasteiger partial charge in [-0.2, -0.15) is 18.3 Å². The molecule has 0 aliphatic carbocycles. The summed E-state index contributed by atoms with van der Waals surface area (Å²) in [4.78, 5) is 0. The van der Waals surface area contributed by atoms with E-state index in [1.54, 1.807) is 13.8 Å². The quantitative estimate of drug-likeness (QED) is 0.811. The van der Waals surface area contributed by atoms with Crippen molar-refractivity contribution in [3.63, 3.8) is 0 Å². The van der Waals surface area contributed by atoms with E-state index in [4.69, 9.17) is 5.73 Å². The van der Waals surface area contributed by atoms with E-state index in [-0.39, 0.29) is 5.69 Å². The fourth-order valence-electron chi connectivity index (χ4n) is 1.74. The molecular formula is C12H11F4N3. The molecule has 3 nitrogen and oxygen atoms in total. The zero-order valence-electron chi connectivity index (χ0n) is 10.2. The van der Waals surface area contributed by atoms with Gasteiger partial charge in [-0.05, 0) is 32.0 Å². The summed E-state index contributed by atoms with van der Waals surface area (Å²) in [5.74, 6) is -1.000. The van der Waals surface area contributed by atoms with Gasteiger partial charge >= 0.3 is 6.18 Å². The molecule has 0 bridgehead atoms. The Kier molecular flexibility index (Phi) is 3.00. The summed E-state index contributed by atoms with van der Waals surface area (Å²) in [6.07, 6.45) is -4.58. The number of halogens is 4. The Bertz CT molecular complexity index is 629. The van der Waals surface area contributed by atoms with Gasteiger partial charge < -0.3 is 5.73 Å². The molecule has 2 rings (SSSR count). The van der Waals surface area contributed by atoms with E-state index in [1.165, 1.54) is 4.68 Å². The molecular weight excluding hydrogens is 262 g/mol. The summed E-state index contributed by atoms with van der Waals surface area (Å²) in [6, 6.07) is 2.30. The number of anilines is 1. The number of nitrogen functional groups attached to an aromatic ring is 1. The molecule has 0 aliphatic heterocycles. The Morgan fingerprint density at radius 1 is 1.21 bits per heavy atom. The molecule has 1 aromatic carbocycles. The van der Waals surface area contributed by atoms with Crippen molar-refractivity contribution in [1.82, 2.24) is 9.78 Å². The van der Waals surface area contributed by atoms with Gasteiger partial charge in [-0.15, -0.1) is 0 Å². The van der Waals surface area contributed by atoms with Gasteiger partial charge in [0, 0.05) is 0 Å². The highest BCUT2D eigenvalue weighted by Gasteiger charge is 2.31. The summed E-state index contributed by atoms with van der Waals surface area (Å²) >= 11 is 0. The van der Waals surface area contributed by atoms with E-state index in [9.17, 15) is 17.6 Å². The van der Waals surface area contributed by atoms with Crippen molar-refractivity contribution in [2.75, 3.05) is 5.73 Å². The predicted molar refractivity (Wildman–Crippen MR) is 62.4 cm³/mol. The van der Waals surface area contributed by atoms with Crippen molar-refractivity contribution < 1.29 is 17.6 Å². The Morgan fingerprint density at radius 2 is 1.84 bits per heavy atom. The third-order valence-corrected chi connectivity index (χ3v) is 2.85. The fraction of sp³-hybridized carbons (Fsp3) is 0.250. The van der Waals surface area contributed by atoms with Crippen molar-refractivity contribution in [1.29, 1.82) is 0 Å². The van der Waals surface area contributed by atoms with E-state index in [1.807, 2.05) is 0 Å². The first-order valence-electron chi connectivity index (χ1n) is 5.40. The lowest BCUT2D eigenvalue weighted by atomic mass is 10.2. The average molecular weight is 273 g/mol. The lowest BCUT2D eigenvalue weighted by molar-refractivity contribution is -0.137. The zero-order valence-corrected chi connectivity index (χ0v) is 10.2. The third kappa shape index (κ3) is 2.27. The number of alkyl halides is 3. The second-order valence-corrected chi connectivity index (χ2v) is 4.16. The first kappa shape index (κ1) is 13.4. The molecule has 0 fully saturated rings. The van der Waals surface area contributed by atoms with Gasteiger partial charge in [0.1, 0.15) is 11.5 Å². The topological polar surface area (TPSA) is 43.8 Å². The summed E-state index contributed by atoms with van der Waals surface area (Å²) in [7, 11) is 0. The van der Waals surface area contributed by atoms with Crippen LogP contribution >= 0.6 is 0 Å². The number of hydrogen-bond acceptors (Lipinski definition) is 2. The Hall–Kier alpha value is -2.05. The highest BCUT2D eigenvalue weighted by molar-refractivity contribution is 5.51. The highest BCUT2D eigenvalue weighted by Crippen LogP contribution is 2.31. The van der Waals surface area contributed by atoms with Gasteiger partial charge in [-0.3, -0.25) is 0 Å². The van der Waals surface area contributed by atoms with Gasteiger partial charge in [0.05, 0.1) is 22.6 Å². The fourth-order valence-corrected chi connectivity index (χ4v) is 1.74. The average Bonchev–Trinajstić information content (AvgIpc) is 2.56. The van der Waals surface area contributed by atoms with Gasteiger partial charge in [0.2, 0.25) is 0 Å².